The SMILES string of the molecule is CC(C)CCNC(=O)C1(C(=O)N2CCN(C)CC2)CC1. The second kappa shape index (κ2) is 6.12. The molecule has 5 heteroatoms. The van der Waals surface area contributed by atoms with Gasteiger partial charge >= 0.3 is 0 Å². The Morgan fingerprint density at radius 3 is 2.25 bits per heavy atom. The highest BCUT2D eigenvalue weighted by Gasteiger charge is 2.57. The maximum atomic E-state index is 12.6. The first-order valence-electron chi connectivity index (χ1n) is 7.72. The molecule has 0 unspecified atom stereocenters. The molecule has 1 heterocycles. The quantitative estimate of drug-likeness (QED) is 0.755. The minimum absolute atomic E-state index is 0.0487. The summed E-state index contributed by atoms with van der Waals surface area (Å²) >= 11 is 0. The van der Waals surface area contributed by atoms with Crippen molar-refractivity contribution >= 4 is 11.8 Å². The van der Waals surface area contributed by atoms with Crippen LogP contribution >= 0.6 is 0 Å². The molecule has 1 aliphatic heterocycles. The van der Waals surface area contributed by atoms with Crippen molar-refractivity contribution in [3.8, 4) is 0 Å². The molecule has 1 N–H and O–H groups in total. The van der Waals surface area contributed by atoms with Gasteiger partial charge in [0.15, 0.2) is 0 Å². The molecular weight excluding hydrogens is 254 g/mol. The molecule has 0 radical (unpaired) electrons. The van der Waals surface area contributed by atoms with E-state index in [1.807, 2.05) is 4.90 Å². The smallest absolute Gasteiger partial charge is 0.238 e. The van der Waals surface area contributed by atoms with Gasteiger partial charge in [0.25, 0.3) is 0 Å². The van der Waals surface area contributed by atoms with Crippen molar-refractivity contribution in [1.82, 2.24) is 15.1 Å². The normalized spacial score (nSPS) is 21.9. The van der Waals surface area contributed by atoms with Crippen molar-refractivity contribution in [2.45, 2.75) is 33.1 Å². The Balaban J connectivity index is 1.86. The molecule has 5 nitrogen and oxygen atoms in total. The van der Waals surface area contributed by atoms with Gasteiger partial charge in [-0.3, -0.25) is 9.59 Å². The number of likely N-dealkylation sites (N-methyl/N-ethyl adjacent to an activating group) is 1. The van der Waals surface area contributed by atoms with E-state index in [-0.39, 0.29) is 11.8 Å². The van der Waals surface area contributed by atoms with Gasteiger partial charge in [-0.1, -0.05) is 13.8 Å². The summed E-state index contributed by atoms with van der Waals surface area (Å²) in [7, 11) is 2.06. The summed E-state index contributed by atoms with van der Waals surface area (Å²) in [5, 5.41) is 2.95. The highest BCUT2D eigenvalue weighted by Crippen LogP contribution is 2.47. The molecule has 2 aliphatic rings. The topological polar surface area (TPSA) is 52.7 Å². The Hall–Kier alpha value is -1.10. The fourth-order valence-corrected chi connectivity index (χ4v) is 2.62. The number of nitrogens with one attached hydrogen (secondary N) is 1. The van der Waals surface area contributed by atoms with E-state index >= 15 is 0 Å². The predicted molar refractivity (Wildman–Crippen MR) is 78.2 cm³/mol. The Morgan fingerprint density at radius 2 is 1.75 bits per heavy atom. The van der Waals surface area contributed by atoms with Crippen molar-refractivity contribution < 1.29 is 9.59 Å². The Labute approximate surface area is 121 Å². The molecule has 0 atom stereocenters. The van der Waals surface area contributed by atoms with E-state index in [1.54, 1.807) is 0 Å². The van der Waals surface area contributed by atoms with Crippen LogP contribution in [0.3, 0.4) is 0 Å². The highest BCUT2D eigenvalue weighted by atomic mass is 16.2. The number of nitrogens with zero attached hydrogens (tertiary/aromatic N) is 2. The van der Waals surface area contributed by atoms with Gasteiger partial charge in [0.05, 0.1) is 0 Å². The van der Waals surface area contributed by atoms with Gasteiger partial charge in [-0.05, 0) is 32.2 Å². The lowest BCUT2D eigenvalue weighted by molar-refractivity contribution is -0.145. The van der Waals surface area contributed by atoms with Gasteiger partial charge in [-0.15, -0.1) is 0 Å². The van der Waals surface area contributed by atoms with Crippen LogP contribution in [0.2, 0.25) is 0 Å². The van der Waals surface area contributed by atoms with Crippen molar-refractivity contribution in [3.05, 3.63) is 0 Å². The third-order valence-corrected chi connectivity index (χ3v) is 4.39. The van der Waals surface area contributed by atoms with Crippen LogP contribution in [-0.4, -0.2) is 61.4 Å². The van der Waals surface area contributed by atoms with Crippen LogP contribution in [0.15, 0.2) is 0 Å². The van der Waals surface area contributed by atoms with Crippen LogP contribution < -0.4 is 5.32 Å². The number of hydrogen-bond donors (Lipinski definition) is 1. The van der Waals surface area contributed by atoms with Gasteiger partial charge in [0.1, 0.15) is 5.41 Å². The van der Waals surface area contributed by atoms with Gasteiger partial charge in [-0.2, -0.15) is 0 Å². The molecule has 20 heavy (non-hydrogen) atoms. The van der Waals surface area contributed by atoms with E-state index in [4.69, 9.17) is 0 Å². The van der Waals surface area contributed by atoms with E-state index < -0.39 is 5.41 Å². The fraction of sp³-hybridized carbons (Fsp3) is 0.867. The number of hydrogen-bond acceptors (Lipinski definition) is 3. The first-order valence-corrected chi connectivity index (χ1v) is 7.72. The first kappa shape index (κ1) is 15.3. The third-order valence-electron chi connectivity index (χ3n) is 4.39. The zero-order valence-electron chi connectivity index (χ0n) is 12.9. The molecule has 1 saturated carbocycles. The number of amides is 2. The van der Waals surface area contributed by atoms with Gasteiger partial charge < -0.3 is 15.1 Å². The van der Waals surface area contributed by atoms with E-state index in [0.717, 1.165) is 32.6 Å². The summed E-state index contributed by atoms with van der Waals surface area (Å²) in [6.45, 7) is 8.23. The van der Waals surface area contributed by atoms with E-state index in [2.05, 4.69) is 31.1 Å². The predicted octanol–water partition coefficient (Wildman–Crippen LogP) is 0.703. The fourth-order valence-electron chi connectivity index (χ4n) is 2.62. The lowest BCUT2D eigenvalue weighted by Gasteiger charge is -2.34. The maximum absolute atomic E-state index is 12.6. The molecule has 0 aromatic carbocycles. The molecular formula is C15H27N3O2. The first-order chi connectivity index (χ1) is 9.45. The highest BCUT2D eigenvalue weighted by molar-refractivity contribution is 6.07. The van der Waals surface area contributed by atoms with E-state index in [1.165, 1.54) is 0 Å². The average molecular weight is 281 g/mol. The number of carbonyl (C=O) groups excluding carboxylic acids is 2. The second-order valence-corrected chi connectivity index (χ2v) is 6.62. The summed E-state index contributed by atoms with van der Waals surface area (Å²) in [6.07, 6.45) is 2.39. The molecule has 2 fully saturated rings. The summed E-state index contributed by atoms with van der Waals surface area (Å²) in [4.78, 5) is 28.9. The van der Waals surface area contributed by atoms with Crippen molar-refractivity contribution in [2.24, 2.45) is 11.3 Å². The van der Waals surface area contributed by atoms with Gasteiger partial charge in [-0.25, -0.2) is 0 Å². The van der Waals surface area contributed by atoms with E-state index in [0.29, 0.717) is 25.3 Å². The molecule has 0 spiro atoms. The molecule has 1 saturated heterocycles. The lowest BCUT2D eigenvalue weighted by atomic mass is 10.0. The summed E-state index contributed by atoms with van der Waals surface area (Å²) in [5.74, 6) is 0.563. The molecule has 0 aromatic heterocycles. The number of piperazine rings is 1. The second-order valence-electron chi connectivity index (χ2n) is 6.62. The third kappa shape index (κ3) is 3.32. The Morgan fingerprint density at radius 1 is 1.15 bits per heavy atom. The van der Waals surface area contributed by atoms with Crippen molar-refractivity contribution in [3.63, 3.8) is 0 Å². The molecule has 114 valence electrons. The van der Waals surface area contributed by atoms with E-state index in [9.17, 15) is 9.59 Å². The Bertz CT molecular complexity index is 369. The molecule has 1 aliphatic carbocycles. The monoisotopic (exact) mass is 281 g/mol. The van der Waals surface area contributed by atoms with Crippen LogP contribution in [0.1, 0.15) is 33.1 Å². The average Bonchev–Trinajstić information content (AvgIpc) is 3.20. The van der Waals surface area contributed by atoms with Crippen LogP contribution in [0.5, 0.6) is 0 Å². The molecule has 0 bridgehead atoms. The molecule has 2 rings (SSSR count). The van der Waals surface area contributed by atoms with Gasteiger partial charge in [0, 0.05) is 32.7 Å². The largest absolute Gasteiger partial charge is 0.355 e. The lowest BCUT2D eigenvalue weighted by Crippen LogP contribution is -2.52. The Kier molecular flexibility index (Phi) is 4.68. The van der Waals surface area contributed by atoms with Crippen LogP contribution in [0, 0.1) is 11.3 Å². The zero-order chi connectivity index (χ0) is 14.8. The summed E-state index contributed by atoms with van der Waals surface area (Å²) < 4.78 is 0. The molecule has 2 amide bonds. The van der Waals surface area contributed by atoms with Crippen LogP contribution in [0.4, 0.5) is 0 Å². The van der Waals surface area contributed by atoms with Crippen LogP contribution in [-0.2, 0) is 9.59 Å². The minimum Gasteiger partial charge on any atom is -0.355 e. The minimum atomic E-state index is -0.729. The number of carbonyl (C=O) groups is 2. The zero-order valence-corrected chi connectivity index (χ0v) is 12.9. The molecule has 0 aromatic rings. The van der Waals surface area contributed by atoms with Crippen molar-refractivity contribution in [1.29, 1.82) is 0 Å². The number of rotatable bonds is 5. The van der Waals surface area contributed by atoms with Crippen LogP contribution in [0.25, 0.3) is 0 Å². The summed E-state index contributed by atoms with van der Waals surface area (Å²) in [5.41, 5.74) is -0.729. The van der Waals surface area contributed by atoms with Gasteiger partial charge in [0.2, 0.25) is 11.8 Å². The van der Waals surface area contributed by atoms with Crippen molar-refractivity contribution in [2.75, 3.05) is 39.8 Å². The standard InChI is InChI=1S/C15H27N3O2/c1-12(2)4-7-16-13(19)15(5-6-15)14(20)18-10-8-17(3)9-11-18/h12H,4-11H2,1-3H3,(H,16,19). The maximum Gasteiger partial charge on any atom is 0.238 e. The summed E-state index contributed by atoms with van der Waals surface area (Å²) in [6, 6.07) is 0.